The van der Waals surface area contributed by atoms with Gasteiger partial charge in [0, 0.05) is 6.54 Å². The molecule has 0 aliphatic heterocycles. The van der Waals surface area contributed by atoms with Gasteiger partial charge in [-0.25, -0.2) is 13.8 Å². The molecule has 1 rings (SSSR count). The third-order valence-corrected chi connectivity index (χ3v) is 2.25. The Kier molecular flexibility index (Phi) is 4.23. The van der Waals surface area contributed by atoms with Crippen molar-refractivity contribution < 1.29 is 26.7 Å². The van der Waals surface area contributed by atoms with E-state index in [1.54, 1.807) is 0 Å². The lowest BCUT2D eigenvalue weighted by atomic mass is 10.1. The first-order chi connectivity index (χ1) is 8.18. The Labute approximate surface area is 103 Å². The molecule has 9 heteroatoms. The molecule has 0 fully saturated rings. The van der Waals surface area contributed by atoms with E-state index in [1.807, 2.05) is 0 Å². The summed E-state index contributed by atoms with van der Waals surface area (Å²) in [6.07, 6.45) is -8.50. The summed E-state index contributed by atoms with van der Waals surface area (Å²) >= 11 is 5.05. The first kappa shape index (κ1) is 14.8. The van der Waals surface area contributed by atoms with Crippen LogP contribution in [-0.4, -0.2) is 10.2 Å². The van der Waals surface area contributed by atoms with Gasteiger partial charge in [0.05, 0.1) is 16.8 Å². The molecule has 0 aromatic carbocycles. The smallest absolute Gasteiger partial charge is 0.325 e. The van der Waals surface area contributed by atoms with Crippen molar-refractivity contribution in [1.29, 1.82) is 0 Å². The van der Waals surface area contributed by atoms with Crippen LogP contribution in [0.25, 0.3) is 0 Å². The van der Waals surface area contributed by atoms with Gasteiger partial charge >= 0.3 is 6.18 Å². The van der Waals surface area contributed by atoms with Crippen LogP contribution in [0.1, 0.15) is 33.7 Å². The summed E-state index contributed by atoms with van der Waals surface area (Å²) in [7, 11) is 0. The second-order valence-electron chi connectivity index (χ2n) is 3.19. The molecule has 0 aliphatic rings. The lowest BCUT2D eigenvalue weighted by molar-refractivity contribution is -0.140. The minimum Gasteiger partial charge on any atom is -0.325 e. The van der Waals surface area contributed by atoms with Crippen LogP contribution in [-0.2, 0) is 12.7 Å². The van der Waals surface area contributed by atoms with Crippen molar-refractivity contribution in [3.63, 3.8) is 0 Å². The molecule has 100 valence electrons. The van der Waals surface area contributed by atoms with Crippen LogP contribution >= 0.6 is 11.6 Å². The van der Waals surface area contributed by atoms with E-state index in [0.29, 0.717) is 0 Å². The molecule has 1 aromatic heterocycles. The zero-order chi connectivity index (χ0) is 14.1. The number of aromatic nitrogens is 1. The Morgan fingerprint density at radius 1 is 1.44 bits per heavy atom. The lowest BCUT2D eigenvalue weighted by Crippen LogP contribution is -2.17. The average Bonchev–Trinajstić information content (AvgIpc) is 2.25. The second kappa shape index (κ2) is 5.15. The fourth-order valence-electron chi connectivity index (χ4n) is 1.29. The van der Waals surface area contributed by atoms with E-state index in [-0.39, 0.29) is 6.07 Å². The van der Waals surface area contributed by atoms with Gasteiger partial charge in [-0.1, -0.05) is 0 Å². The van der Waals surface area contributed by atoms with E-state index in [9.17, 15) is 26.7 Å². The van der Waals surface area contributed by atoms with Crippen molar-refractivity contribution >= 4 is 16.8 Å². The predicted octanol–water partition coefficient (Wildman–Crippen LogP) is 2.88. The van der Waals surface area contributed by atoms with Crippen molar-refractivity contribution in [3.8, 4) is 0 Å². The minimum atomic E-state index is -5.06. The standard InChI is InChI=1S/C9H6ClF5N2O/c10-7(18)3-1-4(9(13,14)15)6(8(11)12)17-5(3)2-16/h1,8H,2,16H2. The van der Waals surface area contributed by atoms with Gasteiger partial charge in [-0.2, -0.15) is 13.2 Å². The summed E-state index contributed by atoms with van der Waals surface area (Å²) in [6.45, 7) is -0.481. The average molecular weight is 289 g/mol. The molecule has 18 heavy (non-hydrogen) atoms. The van der Waals surface area contributed by atoms with Crippen LogP contribution in [0.3, 0.4) is 0 Å². The number of nitrogens with zero attached hydrogens (tertiary/aromatic N) is 1. The van der Waals surface area contributed by atoms with Crippen LogP contribution in [0.4, 0.5) is 22.0 Å². The molecule has 1 heterocycles. The first-order valence-electron chi connectivity index (χ1n) is 4.47. The van der Waals surface area contributed by atoms with Gasteiger partial charge in [-0.05, 0) is 17.7 Å². The maximum atomic E-state index is 12.5. The summed E-state index contributed by atoms with van der Waals surface area (Å²) in [6, 6.07) is 0.242. The highest BCUT2D eigenvalue weighted by atomic mass is 35.5. The maximum Gasteiger partial charge on any atom is 0.418 e. The highest BCUT2D eigenvalue weighted by Gasteiger charge is 2.38. The zero-order valence-electron chi connectivity index (χ0n) is 8.56. The number of nitrogens with two attached hydrogens (primary N) is 1. The molecule has 1 aromatic rings. The molecule has 0 bridgehead atoms. The van der Waals surface area contributed by atoms with E-state index < -0.39 is 46.9 Å². The van der Waals surface area contributed by atoms with E-state index in [2.05, 4.69) is 4.98 Å². The quantitative estimate of drug-likeness (QED) is 0.687. The zero-order valence-corrected chi connectivity index (χ0v) is 9.32. The molecule has 0 atom stereocenters. The summed E-state index contributed by atoms with van der Waals surface area (Å²) < 4.78 is 62.6. The van der Waals surface area contributed by atoms with Gasteiger partial charge in [0.25, 0.3) is 11.7 Å². The third-order valence-electron chi connectivity index (χ3n) is 2.05. The van der Waals surface area contributed by atoms with Gasteiger partial charge in [-0.15, -0.1) is 0 Å². The lowest BCUT2D eigenvalue weighted by Gasteiger charge is -2.14. The molecule has 0 saturated carbocycles. The summed E-state index contributed by atoms with van der Waals surface area (Å²) in [5.41, 5.74) is 0.920. The highest BCUT2D eigenvalue weighted by Crippen LogP contribution is 2.36. The van der Waals surface area contributed by atoms with E-state index in [4.69, 9.17) is 17.3 Å². The molecular weight excluding hydrogens is 283 g/mol. The molecule has 0 aliphatic carbocycles. The van der Waals surface area contributed by atoms with Crippen LogP contribution < -0.4 is 5.73 Å². The molecule has 0 spiro atoms. The van der Waals surface area contributed by atoms with Crippen molar-refractivity contribution in [2.45, 2.75) is 19.1 Å². The molecule has 3 nitrogen and oxygen atoms in total. The number of alkyl halides is 5. The molecule has 0 amide bonds. The molecule has 0 saturated heterocycles. The predicted molar refractivity (Wildman–Crippen MR) is 52.3 cm³/mol. The van der Waals surface area contributed by atoms with E-state index >= 15 is 0 Å². The second-order valence-corrected chi connectivity index (χ2v) is 3.53. The Balaban J connectivity index is 3.58. The Bertz CT molecular complexity index is 475. The van der Waals surface area contributed by atoms with Crippen LogP contribution in [0.15, 0.2) is 6.07 Å². The SMILES string of the molecule is NCc1nc(C(F)F)c(C(F)(F)F)cc1C(=O)Cl. The summed E-state index contributed by atoms with van der Waals surface area (Å²) in [5, 5.41) is -1.24. The van der Waals surface area contributed by atoms with Crippen molar-refractivity contribution in [1.82, 2.24) is 4.98 Å². The Morgan fingerprint density at radius 2 is 2.00 bits per heavy atom. The van der Waals surface area contributed by atoms with Gasteiger partial charge in [0.1, 0.15) is 5.69 Å². The number of pyridine rings is 1. The largest absolute Gasteiger partial charge is 0.418 e. The molecular formula is C9H6ClF5N2O. The topological polar surface area (TPSA) is 56.0 Å². The van der Waals surface area contributed by atoms with Crippen molar-refractivity contribution in [2.75, 3.05) is 0 Å². The number of hydrogen-bond acceptors (Lipinski definition) is 3. The Hall–Kier alpha value is -1.28. The van der Waals surface area contributed by atoms with E-state index in [0.717, 1.165) is 0 Å². The maximum absolute atomic E-state index is 12.5. The molecule has 2 N–H and O–H groups in total. The van der Waals surface area contributed by atoms with Crippen molar-refractivity contribution in [3.05, 3.63) is 28.6 Å². The van der Waals surface area contributed by atoms with Gasteiger partial charge in [-0.3, -0.25) is 4.79 Å². The van der Waals surface area contributed by atoms with E-state index in [1.165, 1.54) is 0 Å². The van der Waals surface area contributed by atoms with Crippen molar-refractivity contribution in [2.24, 2.45) is 5.73 Å². The normalized spacial score (nSPS) is 12.0. The number of halogens is 6. The Morgan fingerprint density at radius 3 is 2.33 bits per heavy atom. The molecule has 0 radical (unpaired) electrons. The van der Waals surface area contributed by atoms with Gasteiger partial charge in [0.15, 0.2) is 0 Å². The van der Waals surface area contributed by atoms with Gasteiger partial charge < -0.3 is 5.73 Å². The fraction of sp³-hybridized carbons (Fsp3) is 0.333. The number of carbonyl (C=O) groups excluding carboxylic acids is 1. The molecule has 0 unspecified atom stereocenters. The van der Waals surface area contributed by atoms with Crippen LogP contribution in [0.2, 0.25) is 0 Å². The minimum absolute atomic E-state index is 0.242. The fourth-order valence-corrected chi connectivity index (χ4v) is 1.45. The number of hydrogen-bond donors (Lipinski definition) is 1. The third kappa shape index (κ3) is 2.94. The monoisotopic (exact) mass is 288 g/mol. The van der Waals surface area contributed by atoms with Gasteiger partial charge in [0.2, 0.25) is 0 Å². The number of carbonyl (C=O) groups is 1. The first-order valence-corrected chi connectivity index (χ1v) is 4.85. The van der Waals surface area contributed by atoms with Crippen LogP contribution in [0.5, 0.6) is 0 Å². The highest BCUT2D eigenvalue weighted by molar-refractivity contribution is 6.67. The summed E-state index contributed by atoms with van der Waals surface area (Å²) in [5.74, 6) is 0. The van der Waals surface area contributed by atoms with Crippen LogP contribution in [0, 0.1) is 0 Å². The number of rotatable bonds is 3. The summed E-state index contributed by atoms with van der Waals surface area (Å²) in [4.78, 5) is 14.0.